The SMILES string of the molecule is COc1nc(-c2ccc(Cl)cc2)c(-c2ccccc2)cc1C(=O)O. The Morgan fingerprint density at radius 1 is 1.04 bits per heavy atom. The van der Waals surface area contributed by atoms with Crippen LogP contribution in [0.4, 0.5) is 0 Å². The van der Waals surface area contributed by atoms with Gasteiger partial charge in [-0.1, -0.05) is 54.1 Å². The van der Waals surface area contributed by atoms with E-state index < -0.39 is 5.97 Å². The number of hydrogen-bond acceptors (Lipinski definition) is 3. The molecule has 0 radical (unpaired) electrons. The van der Waals surface area contributed by atoms with Gasteiger partial charge in [0, 0.05) is 16.1 Å². The van der Waals surface area contributed by atoms with Gasteiger partial charge in [-0.15, -0.1) is 0 Å². The topological polar surface area (TPSA) is 59.4 Å². The zero-order valence-corrected chi connectivity index (χ0v) is 13.6. The first-order valence-electron chi connectivity index (χ1n) is 7.24. The lowest BCUT2D eigenvalue weighted by Gasteiger charge is -2.13. The van der Waals surface area contributed by atoms with Crippen molar-refractivity contribution in [2.24, 2.45) is 0 Å². The Bertz CT molecular complexity index is 877. The number of pyridine rings is 1. The summed E-state index contributed by atoms with van der Waals surface area (Å²) in [6, 6.07) is 18.3. The third kappa shape index (κ3) is 3.09. The highest BCUT2D eigenvalue weighted by atomic mass is 35.5. The second-order valence-electron chi connectivity index (χ2n) is 5.12. The highest BCUT2D eigenvalue weighted by molar-refractivity contribution is 6.30. The van der Waals surface area contributed by atoms with E-state index in [2.05, 4.69) is 4.98 Å². The molecular formula is C19H14ClNO3. The molecule has 0 saturated heterocycles. The molecule has 3 rings (SSSR count). The van der Waals surface area contributed by atoms with Crippen molar-refractivity contribution in [3.05, 3.63) is 71.2 Å². The second kappa shape index (κ2) is 6.72. The van der Waals surface area contributed by atoms with E-state index in [4.69, 9.17) is 16.3 Å². The average molecular weight is 340 g/mol. The fourth-order valence-electron chi connectivity index (χ4n) is 2.47. The summed E-state index contributed by atoms with van der Waals surface area (Å²) in [6.45, 7) is 0. The number of aromatic nitrogens is 1. The maximum atomic E-state index is 11.5. The number of benzene rings is 2. The van der Waals surface area contributed by atoms with Crippen LogP contribution in [0.15, 0.2) is 60.7 Å². The minimum Gasteiger partial charge on any atom is -0.480 e. The summed E-state index contributed by atoms with van der Waals surface area (Å²) in [7, 11) is 1.41. The van der Waals surface area contributed by atoms with Crippen molar-refractivity contribution >= 4 is 17.6 Å². The predicted molar refractivity (Wildman–Crippen MR) is 93.6 cm³/mol. The molecule has 120 valence electrons. The molecule has 0 fully saturated rings. The monoisotopic (exact) mass is 339 g/mol. The zero-order valence-electron chi connectivity index (χ0n) is 12.9. The summed E-state index contributed by atoms with van der Waals surface area (Å²) in [5, 5.41) is 10.0. The standard InChI is InChI=1S/C19H14ClNO3/c1-24-18-16(19(22)23)11-15(12-5-3-2-4-6-12)17(21-18)13-7-9-14(20)10-8-13/h2-11H,1H3,(H,22,23). The predicted octanol–water partition coefficient (Wildman–Crippen LogP) is 4.78. The van der Waals surface area contributed by atoms with E-state index in [1.807, 2.05) is 42.5 Å². The van der Waals surface area contributed by atoms with Gasteiger partial charge >= 0.3 is 5.97 Å². The molecule has 0 aliphatic heterocycles. The largest absolute Gasteiger partial charge is 0.480 e. The van der Waals surface area contributed by atoms with Crippen LogP contribution < -0.4 is 4.74 Å². The van der Waals surface area contributed by atoms with E-state index in [9.17, 15) is 9.90 Å². The van der Waals surface area contributed by atoms with Gasteiger partial charge in [0.15, 0.2) is 0 Å². The average Bonchev–Trinajstić information content (AvgIpc) is 2.62. The van der Waals surface area contributed by atoms with E-state index in [1.165, 1.54) is 7.11 Å². The molecule has 0 spiro atoms. The molecular weight excluding hydrogens is 326 g/mol. The van der Waals surface area contributed by atoms with Gasteiger partial charge in [-0.3, -0.25) is 0 Å². The fourth-order valence-corrected chi connectivity index (χ4v) is 2.60. The molecule has 1 heterocycles. The number of carboxylic acids is 1. The Hall–Kier alpha value is -2.85. The molecule has 3 aromatic rings. The molecule has 1 aromatic heterocycles. The maximum Gasteiger partial charge on any atom is 0.341 e. The van der Waals surface area contributed by atoms with Crippen molar-refractivity contribution < 1.29 is 14.6 Å². The number of ether oxygens (including phenoxy) is 1. The van der Waals surface area contributed by atoms with Crippen LogP contribution in [0, 0.1) is 0 Å². The van der Waals surface area contributed by atoms with Crippen LogP contribution in [0.3, 0.4) is 0 Å². The van der Waals surface area contributed by atoms with E-state index in [0.29, 0.717) is 10.7 Å². The first-order valence-corrected chi connectivity index (χ1v) is 7.61. The maximum absolute atomic E-state index is 11.5. The summed E-state index contributed by atoms with van der Waals surface area (Å²) < 4.78 is 5.17. The summed E-state index contributed by atoms with van der Waals surface area (Å²) in [5.74, 6) is -1.01. The van der Waals surface area contributed by atoms with Crippen molar-refractivity contribution in [3.63, 3.8) is 0 Å². The smallest absolute Gasteiger partial charge is 0.341 e. The van der Waals surface area contributed by atoms with Gasteiger partial charge in [0.05, 0.1) is 12.8 Å². The minimum absolute atomic E-state index is 0.0223. The van der Waals surface area contributed by atoms with Crippen LogP contribution in [0.2, 0.25) is 5.02 Å². The Balaban J connectivity index is 2.29. The van der Waals surface area contributed by atoms with E-state index in [-0.39, 0.29) is 11.4 Å². The summed E-state index contributed by atoms with van der Waals surface area (Å²) >= 11 is 5.96. The molecule has 5 heteroatoms. The third-order valence-corrected chi connectivity index (χ3v) is 3.87. The van der Waals surface area contributed by atoms with E-state index in [0.717, 1.165) is 16.7 Å². The minimum atomic E-state index is -1.08. The van der Waals surface area contributed by atoms with Gasteiger partial charge in [0.1, 0.15) is 5.56 Å². The lowest BCUT2D eigenvalue weighted by molar-refractivity contribution is 0.0692. The van der Waals surface area contributed by atoms with Gasteiger partial charge < -0.3 is 9.84 Å². The molecule has 0 bridgehead atoms. The normalized spacial score (nSPS) is 10.4. The van der Waals surface area contributed by atoms with Crippen LogP contribution in [0.5, 0.6) is 5.88 Å². The summed E-state index contributed by atoms with van der Waals surface area (Å²) in [5.41, 5.74) is 3.08. The van der Waals surface area contributed by atoms with E-state index in [1.54, 1.807) is 18.2 Å². The molecule has 0 aliphatic rings. The molecule has 0 unspecified atom stereocenters. The number of carboxylic acid groups (broad SMARTS) is 1. The molecule has 0 amide bonds. The zero-order chi connectivity index (χ0) is 17.1. The van der Waals surface area contributed by atoms with Gasteiger partial charge in [0.2, 0.25) is 5.88 Å². The molecule has 1 N–H and O–H groups in total. The number of rotatable bonds is 4. The van der Waals surface area contributed by atoms with Crippen LogP contribution >= 0.6 is 11.6 Å². The highest BCUT2D eigenvalue weighted by Crippen LogP contribution is 2.35. The van der Waals surface area contributed by atoms with Crippen molar-refractivity contribution in [1.82, 2.24) is 4.98 Å². The molecule has 0 aliphatic carbocycles. The lowest BCUT2D eigenvalue weighted by atomic mass is 9.97. The number of aromatic carboxylic acids is 1. The Kier molecular flexibility index (Phi) is 4.49. The van der Waals surface area contributed by atoms with Crippen molar-refractivity contribution in [1.29, 1.82) is 0 Å². The van der Waals surface area contributed by atoms with Crippen LogP contribution in [0.25, 0.3) is 22.4 Å². The Morgan fingerprint density at radius 3 is 2.29 bits per heavy atom. The van der Waals surface area contributed by atoms with Crippen LogP contribution in [0.1, 0.15) is 10.4 Å². The van der Waals surface area contributed by atoms with Crippen LogP contribution in [-0.4, -0.2) is 23.2 Å². The Morgan fingerprint density at radius 2 is 1.71 bits per heavy atom. The fraction of sp³-hybridized carbons (Fsp3) is 0.0526. The number of carbonyl (C=O) groups is 1. The van der Waals surface area contributed by atoms with Crippen molar-refractivity contribution in [2.75, 3.05) is 7.11 Å². The second-order valence-corrected chi connectivity index (χ2v) is 5.56. The number of nitrogens with zero attached hydrogens (tertiary/aromatic N) is 1. The summed E-state index contributed by atoms with van der Waals surface area (Å²) in [4.78, 5) is 16.0. The molecule has 24 heavy (non-hydrogen) atoms. The number of halogens is 1. The summed E-state index contributed by atoms with van der Waals surface area (Å²) in [6.07, 6.45) is 0. The Labute approximate surface area is 144 Å². The first kappa shape index (κ1) is 16.0. The lowest BCUT2D eigenvalue weighted by Crippen LogP contribution is -2.05. The van der Waals surface area contributed by atoms with Crippen molar-refractivity contribution in [3.8, 4) is 28.3 Å². The third-order valence-electron chi connectivity index (χ3n) is 3.61. The number of methoxy groups -OCH3 is 1. The van der Waals surface area contributed by atoms with Gasteiger partial charge in [-0.2, -0.15) is 0 Å². The quantitative estimate of drug-likeness (QED) is 0.743. The molecule has 0 atom stereocenters. The van der Waals surface area contributed by atoms with Crippen LogP contribution in [-0.2, 0) is 0 Å². The molecule has 0 saturated carbocycles. The van der Waals surface area contributed by atoms with Gasteiger partial charge in [-0.25, -0.2) is 9.78 Å². The van der Waals surface area contributed by atoms with Crippen molar-refractivity contribution in [2.45, 2.75) is 0 Å². The van der Waals surface area contributed by atoms with Gasteiger partial charge in [-0.05, 0) is 23.8 Å². The molecule has 2 aromatic carbocycles. The van der Waals surface area contributed by atoms with E-state index >= 15 is 0 Å². The number of hydrogen-bond donors (Lipinski definition) is 1. The first-order chi connectivity index (χ1) is 11.6. The molecule has 4 nitrogen and oxygen atoms in total. The van der Waals surface area contributed by atoms with Gasteiger partial charge in [0.25, 0.3) is 0 Å². The highest BCUT2D eigenvalue weighted by Gasteiger charge is 2.19.